The average Bonchev–Trinajstić information content (AvgIpc) is 2.85. The topological polar surface area (TPSA) is 58.7 Å². The predicted octanol–water partition coefficient (Wildman–Crippen LogP) is 3.51. The molecule has 4 nitrogen and oxygen atoms in total. The largest absolute Gasteiger partial charge is 0.369 e. The molecule has 4 heteroatoms. The van der Waals surface area contributed by atoms with Gasteiger partial charge in [-0.3, -0.25) is 9.69 Å². The van der Waals surface area contributed by atoms with E-state index >= 15 is 0 Å². The SMILES string of the molecule is CN1C(=O)C(C)(c2cccc(-c3cccc4ccccc34)c2)N=C1N. The number of hydrogen-bond acceptors (Lipinski definition) is 3. The van der Waals surface area contributed by atoms with E-state index in [2.05, 4.69) is 41.4 Å². The first-order valence-corrected chi connectivity index (χ1v) is 8.23. The van der Waals surface area contributed by atoms with Crippen LogP contribution in [0.25, 0.3) is 21.9 Å². The highest BCUT2D eigenvalue weighted by atomic mass is 16.2. The molecule has 25 heavy (non-hydrogen) atoms. The van der Waals surface area contributed by atoms with Crippen LogP contribution in [0, 0.1) is 0 Å². The molecular formula is C21H19N3O. The molecule has 0 aromatic heterocycles. The predicted molar refractivity (Wildman–Crippen MR) is 101 cm³/mol. The Morgan fingerprint density at radius 2 is 1.72 bits per heavy atom. The van der Waals surface area contributed by atoms with Crippen molar-refractivity contribution in [3.05, 3.63) is 72.3 Å². The van der Waals surface area contributed by atoms with Gasteiger partial charge in [0.2, 0.25) is 0 Å². The van der Waals surface area contributed by atoms with Gasteiger partial charge in [0.1, 0.15) is 0 Å². The Labute approximate surface area is 146 Å². The van der Waals surface area contributed by atoms with Crippen LogP contribution in [0.3, 0.4) is 0 Å². The van der Waals surface area contributed by atoms with Crippen LogP contribution in [0.2, 0.25) is 0 Å². The second kappa shape index (κ2) is 5.45. The summed E-state index contributed by atoms with van der Waals surface area (Å²) in [5.74, 6) is 0.142. The van der Waals surface area contributed by atoms with Gasteiger partial charge < -0.3 is 5.73 Å². The summed E-state index contributed by atoms with van der Waals surface area (Å²) >= 11 is 0. The summed E-state index contributed by atoms with van der Waals surface area (Å²) < 4.78 is 0. The Morgan fingerprint density at radius 1 is 1.00 bits per heavy atom. The third-order valence-corrected chi connectivity index (χ3v) is 4.93. The van der Waals surface area contributed by atoms with Gasteiger partial charge in [-0.2, -0.15) is 0 Å². The highest BCUT2D eigenvalue weighted by molar-refractivity contribution is 6.07. The molecule has 1 aliphatic rings. The zero-order valence-electron chi connectivity index (χ0n) is 14.2. The lowest BCUT2D eigenvalue weighted by molar-refractivity contribution is -0.130. The van der Waals surface area contributed by atoms with Crippen LogP contribution in [0.5, 0.6) is 0 Å². The molecule has 3 aromatic rings. The molecule has 0 aliphatic carbocycles. The Bertz CT molecular complexity index is 1020. The van der Waals surface area contributed by atoms with Crippen molar-refractivity contribution in [3.63, 3.8) is 0 Å². The van der Waals surface area contributed by atoms with E-state index in [-0.39, 0.29) is 11.9 Å². The number of amides is 1. The lowest BCUT2D eigenvalue weighted by atomic mass is 9.89. The van der Waals surface area contributed by atoms with Gasteiger partial charge in [-0.05, 0) is 40.5 Å². The van der Waals surface area contributed by atoms with Crippen LogP contribution < -0.4 is 5.73 Å². The van der Waals surface area contributed by atoms with Crippen molar-refractivity contribution in [2.24, 2.45) is 10.7 Å². The molecule has 0 bridgehead atoms. The van der Waals surface area contributed by atoms with Crippen molar-refractivity contribution in [1.29, 1.82) is 0 Å². The van der Waals surface area contributed by atoms with Gasteiger partial charge in [0.05, 0.1) is 0 Å². The number of rotatable bonds is 2. The van der Waals surface area contributed by atoms with E-state index < -0.39 is 5.54 Å². The summed E-state index contributed by atoms with van der Waals surface area (Å²) in [4.78, 5) is 18.5. The lowest BCUT2D eigenvalue weighted by Gasteiger charge is -2.21. The summed E-state index contributed by atoms with van der Waals surface area (Å²) in [5.41, 5.74) is 7.93. The third kappa shape index (κ3) is 2.30. The monoisotopic (exact) mass is 329 g/mol. The number of nitrogens with two attached hydrogens (primary N) is 1. The molecule has 3 aromatic carbocycles. The molecule has 4 rings (SSSR count). The van der Waals surface area contributed by atoms with E-state index in [1.165, 1.54) is 15.7 Å². The molecule has 0 saturated heterocycles. The van der Waals surface area contributed by atoms with Crippen LogP contribution in [0.4, 0.5) is 0 Å². The number of hydrogen-bond donors (Lipinski definition) is 1. The molecule has 1 aliphatic heterocycles. The minimum absolute atomic E-state index is 0.111. The molecule has 124 valence electrons. The van der Waals surface area contributed by atoms with E-state index in [1.54, 1.807) is 7.05 Å². The molecule has 1 atom stereocenters. The number of fused-ring (bicyclic) bond motifs is 1. The summed E-state index contributed by atoms with van der Waals surface area (Å²) in [5, 5.41) is 2.38. The maximum Gasteiger partial charge on any atom is 0.261 e. The van der Waals surface area contributed by atoms with Gasteiger partial charge in [-0.25, -0.2) is 4.99 Å². The van der Waals surface area contributed by atoms with Gasteiger partial charge in [-0.15, -0.1) is 0 Å². The van der Waals surface area contributed by atoms with Crippen molar-refractivity contribution in [2.45, 2.75) is 12.5 Å². The van der Waals surface area contributed by atoms with Crippen molar-refractivity contribution >= 4 is 22.6 Å². The maximum absolute atomic E-state index is 12.6. The van der Waals surface area contributed by atoms with E-state index in [0.29, 0.717) is 0 Å². The van der Waals surface area contributed by atoms with Crippen molar-refractivity contribution in [2.75, 3.05) is 7.05 Å². The number of likely N-dealkylation sites (N-methyl/N-ethyl adjacent to an activating group) is 1. The minimum Gasteiger partial charge on any atom is -0.369 e. The van der Waals surface area contributed by atoms with E-state index in [0.717, 1.165) is 16.7 Å². The molecule has 1 heterocycles. The summed E-state index contributed by atoms with van der Waals surface area (Å²) in [6.07, 6.45) is 0. The third-order valence-electron chi connectivity index (χ3n) is 4.93. The number of nitrogens with zero attached hydrogens (tertiary/aromatic N) is 2. The highest BCUT2D eigenvalue weighted by Crippen LogP contribution is 2.35. The second-order valence-corrected chi connectivity index (χ2v) is 6.51. The molecule has 0 fully saturated rings. The minimum atomic E-state index is -0.973. The van der Waals surface area contributed by atoms with Crippen LogP contribution in [0.1, 0.15) is 12.5 Å². The number of aliphatic imine (C=N–C) groups is 1. The van der Waals surface area contributed by atoms with Gasteiger partial charge >= 0.3 is 0 Å². The first-order chi connectivity index (χ1) is 12.0. The van der Waals surface area contributed by atoms with Crippen LogP contribution in [0.15, 0.2) is 71.7 Å². The van der Waals surface area contributed by atoms with E-state index in [9.17, 15) is 4.79 Å². The fourth-order valence-electron chi connectivity index (χ4n) is 3.44. The van der Waals surface area contributed by atoms with E-state index in [4.69, 9.17) is 5.73 Å². The van der Waals surface area contributed by atoms with Crippen molar-refractivity contribution in [3.8, 4) is 11.1 Å². The van der Waals surface area contributed by atoms with Gasteiger partial charge in [0, 0.05) is 7.05 Å². The quantitative estimate of drug-likeness (QED) is 0.782. The lowest BCUT2D eigenvalue weighted by Crippen LogP contribution is -2.38. The van der Waals surface area contributed by atoms with Crippen LogP contribution >= 0.6 is 0 Å². The van der Waals surface area contributed by atoms with Crippen LogP contribution in [-0.2, 0) is 10.3 Å². The zero-order chi connectivity index (χ0) is 17.6. The molecule has 1 unspecified atom stereocenters. The average molecular weight is 329 g/mol. The van der Waals surface area contributed by atoms with Crippen LogP contribution in [-0.4, -0.2) is 23.8 Å². The molecule has 0 spiro atoms. The first-order valence-electron chi connectivity index (χ1n) is 8.23. The normalized spacial score (nSPS) is 20.2. The number of carbonyl (C=O) groups excluding carboxylic acids is 1. The second-order valence-electron chi connectivity index (χ2n) is 6.51. The molecule has 0 radical (unpaired) electrons. The standard InChI is InChI=1S/C21H19N3O/c1-21(19(25)24(2)20(22)23-21)16-10-5-9-15(13-16)18-12-6-8-14-7-3-4-11-17(14)18/h3-13H,1-2H3,(H2,22,23). The van der Waals surface area contributed by atoms with E-state index in [1.807, 2.05) is 37.3 Å². The van der Waals surface area contributed by atoms with Gasteiger partial charge in [0.15, 0.2) is 11.5 Å². The fourth-order valence-corrected chi connectivity index (χ4v) is 3.44. The highest BCUT2D eigenvalue weighted by Gasteiger charge is 2.43. The Balaban J connectivity index is 1.87. The Morgan fingerprint density at radius 3 is 2.48 bits per heavy atom. The maximum atomic E-state index is 12.6. The van der Waals surface area contributed by atoms with Gasteiger partial charge in [-0.1, -0.05) is 60.7 Å². The fraction of sp³-hybridized carbons (Fsp3) is 0.143. The molecule has 1 amide bonds. The summed E-state index contributed by atoms with van der Waals surface area (Å²) in [6, 6.07) is 22.5. The smallest absolute Gasteiger partial charge is 0.261 e. The Hall–Kier alpha value is -3.14. The van der Waals surface area contributed by atoms with Gasteiger partial charge in [0.25, 0.3) is 5.91 Å². The number of carbonyl (C=O) groups is 1. The molecule has 2 N–H and O–H groups in total. The number of benzene rings is 3. The molecular weight excluding hydrogens is 310 g/mol. The summed E-state index contributed by atoms with van der Waals surface area (Å²) in [7, 11) is 1.65. The first kappa shape index (κ1) is 15.4. The molecule has 0 saturated carbocycles. The summed E-state index contributed by atoms with van der Waals surface area (Å²) in [6.45, 7) is 1.81. The Kier molecular flexibility index (Phi) is 3.35. The zero-order valence-corrected chi connectivity index (χ0v) is 14.2. The van der Waals surface area contributed by atoms with Crippen molar-refractivity contribution in [1.82, 2.24) is 4.90 Å². The number of guanidine groups is 1. The van der Waals surface area contributed by atoms with Crippen molar-refractivity contribution < 1.29 is 4.79 Å².